The van der Waals surface area contributed by atoms with Crippen molar-refractivity contribution in [3.63, 3.8) is 0 Å². The molecule has 29 heavy (non-hydrogen) atoms. The molecule has 9 heteroatoms. The monoisotopic (exact) mass is 398 g/mol. The van der Waals surface area contributed by atoms with Gasteiger partial charge in [0.1, 0.15) is 11.7 Å². The van der Waals surface area contributed by atoms with Crippen LogP contribution in [0.15, 0.2) is 36.0 Å². The van der Waals surface area contributed by atoms with Gasteiger partial charge in [-0.3, -0.25) is 0 Å². The van der Waals surface area contributed by atoms with Crippen LogP contribution in [0.3, 0.4) is 0 Å². The van der Waals surface area contributed by atoms with Crippen LogP contribution < -0.4 is 22.1 Å². The zero-order valence-corrected chi connectivity index (χ0v) is 17.3. The number of pyridine rings is 1. The molecular weight excluding hydrogens is 368 g/mol. The van der Waals surface area contributed by atoms with Crippen LogP contribution in [-0.2, 0) is 10.2 Å². The molecule has 0 aromatic carbocycles. The van der Waals surface area contributed by atoms with E-state index in [4.69, 9.17) is 21.6 Å². The highest BCUT2D eigenvalue weighted by Crippen LogP contribution is 2.35. The molecule has 0 aliphatic carbocycles. The lowest BCUT2D eigenvalue weighted by Gasteiger charge is -2.30. The van der Waals surface area contributed by atoms with E-state index in [1.807, 2.05) is 6.07 Å². The quantitative estimate of drug-likeness (QED) is 0.414. The molecule has 0 atom stereocenters. The number of ether oxygens (including phenoxy) is 1. The number of anilines is 1. The second-order valence-electron chi connectivity index (χ2n) is 6.58. The van der Waals surface area contributed by atoms with Gasteiger partial charge in [-0.1, -0.05) is 6.58 Å². The predicted octanol–water partition coefficient (Wildman–Crippen LogP) is 1.31. The Morgan fingerprint density at radius 2 is 2.03 bits per heavy atom. The maximum Gasteiger partial charge on any atom is 0.166 e. The number of hydrogen-bond donors (Lipinski definition) is 4. The van der Waals surface area contributed by atoms with Crippen LogP contribution in [0.25, 0.3) is 0 Å². The maximum atomic E-state index is 9.70. The number of amidine groups is 1. The molecule has 1 aromatic rings. The van der Waals surface area contributed by atoms with Crippen LogP contribution in [0.1, 0.15) is 25.0 Å². The van der Waals surface area contributed by atoms with Gasteiger partial charge >= 0.3 is 0 Å². The first-order valence-electron chi connectivity index (χ1n) is 9.15. The summed E-state index contributed by atoms with van der Waals surface area (Å²) in [5, 5.41) is 18.0. The Balaban J connectivity index is 0.00000204. The molecule has 0 unspecified atom stereocenters. The SMILES string of the molecule is C=CC(=N)c1c(C(C)(C)C#N)cc(N2CCOCC2)nc1/N=C(N)\C=C/N.CN. The van der Waals surface area contributed by atoms with Crippen LogP contribution >= 0.6 is 0 Å². The summed E-state index contributed by atoms with van der Waals surface area (Å²) < 4.78 is 5.41. The van der Waals surface area contributed by atoms with Gasteiger partial charge in [0, 0.05) is 18.7 Å². The van der Waals surface area contributed by atoms with Gasteiger partial charge in [0.15, 0.2) is 5.82 Å². The van der Waals surface area contributed by atoms with Crippen molar-refractivity contribution < 1.29 is 4.74 Å². The number of hydrogen-bond acceptors (Lipinski definition) is 8. The van der Waals surface area contributed by atoms with Crippen molar-refractivity contribution in [1.82, 2.24) is 4.98 Å². The van der Waals surface area contributed by atoms with Crippen molar-refractivity contribution >= 4 is 23.2 Å². The highest BCUT2D eigenvalue weighted by molar-refractivity contribution is 6.11. The summed E-state index contributed by atoms with van der Waals surface area (Å²) in [6, 6.07) is 4.14. The summed E-state index contributed by atoms with van der Waals surface area (Å²) >= 11 is 0. The molecule has 0 spiro atoms. The number of aromatic nitrogens is 1. The summed E-state index contributed by atoms with van der Waals surface area (Å²) in [5.74, 6) is 1.08. The molecule has 1 fully saturated rings. The van der Waals surface area contributed by atoms with Crippen LogP contribution in [0.5, 0.6) is 0 Å². The standard InChI is InChI=1S/C19H25N7O.CH5N/c1-4-14(22)17-13(19(2,3)12-21)11-16(26-7-9-27-10-8-26)25-18(17)24-15(23)5-6-20;1-2/h4-6,11,22H,1,7-10,20H2,2-3H3,(H2,23,24,25);2H2,1H3/b6-5-,22-14?;. The van der Waals surface area contributed by atoms with Crippen molar-refractivity contribution in [1.29, 1.82) is 10.7 Å². The highest BCUT2D eigenvalue weighted by Gasteiger charge is 2.29. The number of allylic oxidation sites excluding steroid dienone is 1. The average molecular weight is 399 g/mol. The van der Waals surface area contributed by atoms with Crippen LogP contribution in [0.4, 0.5) is 11.6 Å². The van der Waals surface area contributed by atoms with Crippen molar-refractivity contribution in [2.75, 3.05) is 38.3 Å². The van der Waals surface area contributed by atoms with Crippen molar-refractivity contribution in [2.45, 2.75) is 19.3 Å². The Morgan fingerprint density at radius 1 is 1.41 bits per heavy atom. The third kappa shape index (κ3) is 5.88. The second kappa shape index (κ2) is 10.9. The third-order valence-electron chi connectivity index (χ3n) is 4.25. The van der Waals surface area contributed by atoms with Gasteiger partial charge in [0.2, 0.25) is 0 Å². The molecule has 0 amide bonds. The Kier molecular flexibility index (Phi) is 8.99. The number of nitriles is 1. The van der Waals surface area contributed by atoms with Gasteiger partial charge in [-0.2, -0.15) is 5.26 Å². The number of aliphatic imine (C=N–C) groups is 1. The molecule has 156 valence electrons. The van der Waals surface area contributed by atoms with E-state index in [-0.39, 0.29) is 17.4 Å². The maximum absolute atomic E-state index is 9.70. The van der Waals surface area contributed by atoms with Crippen molar-refractivity contribution in [3.8, 4) is 6.07 Å². The zero-order valence-electron chi connectivity index (χ0n) is 17.3. The van der Waals surface area contributed by atoms with Crippen LogP contribution in [0, 0.1) is 16.7 Å². The fraction of sp³-hybridized carbons (Fsp3) is 0.400. The molecule has 0 radical (unpaired) electrons. The molecule has 1 aromatic heterocycles. The highest BCUT2D eigenvalue weighted by atomic mass is 16.5. The van der Waals surface area contributed by atoms with E-state index >= 15 is 0 Å². The lowest BCUT2D eigenvalue weighted by Crippen LogP contribution is -2.37. The van der Waals surface area contributed by atoms with Gasteiger partial charge < -0.3 is 32.2 Å². The topological polar surface area (TPSA) is 163 Å². The summed E-state index contributed by atoms with van der Waals surface area (Å²) in [6.07, 6.45) is 4.12. The number of nitrogens with one attached hydrogen (secondary N) is 1. The molecule has 0 saturated carbocycles. The average Bonchev–Trinajstić information content (AvgIpc) is 2.74. The van der Waals surface area contributed by atoms with Crippen LogP contribution in [0.2, 0.25) is 0 Å². The summed E-state index contributed by atoms with van der Waals surface area (Å²) in [5.41, 5.74) is 16.1. The Labute approximate surface area is 172 Å². The molecule has 2 rings (SSSR count). The van der Waals surface area contributed by atoms with E-state index in [9.17, 15) is 5.26 Å². The first-order valence-corrected chi connectivity index (χ1v) is 9.15. The third-order valence-corrected chi connectivity index (χ3v) is 4.25. The first-order chi connectivity index (χ1) is 13.8. The minimum Gasteiger partial charge on any atom is -0.404 e. The molecule has 1 aliphatic rings. The Hall–Kier alpha value is -3.22. The molecule has 1 saturated heterocycles. The number of nitrogens with two attached hydrogens (primary N) is 3. The fourth-order valence-corrected chi connectivity index (χ4v) is 2.73. The lowest BCUT2D eigenvalue weighted by atomic mass is 9.82. The predicted molar refractivity (Wildman–Crippen MR) is 118 cm³/mol. The Bertz CT molecular complexity index is 830. The second-order valence-corrected chi connectivity index (χ2v) is 6.58. The van der Waals surface area contributed by atoms with Gasteiger partial charge in [0.05, 0.1) is 30.4 Å². The number of rotatable bonds is 6. The van der Waals surface area contributed by atoms with Gasteiger partial charge in [0.25, 0.3) is 0 Å². The molecule has 0 bridgehead atoms. The van der Waals surface area contributed by atoms with E-state index in [1.165, 1.54) is 25.4 Å². The number of morpholine rings is 1. The minimum absolute atomic E-state index is 0.123. The normalized spacial score (nSPS) is 14.7. The smallest absolute Gasteiger partial charge is 0.166 e. The van der Waals surface area contributed by atoms with E-state index in [2.05, 4.69) is 33.3 Å². The van der Waals surface area contributed by atoms with Crippen molar-refractivity contribution in [2.24, 2.45) is 22.2 Å². The molecule has 2 heterocycles. The van der Waals surface area contributed by atoms with Gasteiger partial charge in [-0.05, 0) is 50.9 Å². The summed E-state index contributed by atoms with van der Waals surface area (Å²) in [4.78, 5) is 11.0. The fourth-order valence-electron chi connectivity index (χ4n) is 2.73. The number of nitrogens with zero attached hydrogens (tertiary/aromatic N) is 4. The van der Waals surface area contributed by atoms with Crippen LogP contribution in [-0.4, -0.2) is 49.9 Å². The van der Waals surface area contributed by atoms with E-state index in [0.29, 0.717) is 43.2 Å². The first kappa shape index (κ1) is 23.8. The largest absolute Gasteiger partial charge is 0.404 e. The molecular formula is C20H30N8O. The van der Waals surface area contributed by atoms with Gasteiger partial charge in [-0.15, -0.1) is 0 Å². The van der Waals surface area contributed by atoms with E-state index in [0.717, 1.165) is 0 Å². The molecule has 9 nitrogen and oxygen atoms in total. The summed E-state index contributed by atoms with van der Waals surface area (Å²) in [7, 11) is 1.50. The minimum atomic E-state index is -0.864. The van der Waals surface area contributed by atoms with Gasteiger partial charge in [-0.25, -0.2) is 9.98 Å². The Morgan fingerprint density at radius 3 is 2.55 bits per heavy atom. The van der Waals surface area contributed by atoms with Crippen molar-refractivity contribution in [3.05, 3.63) is 42.1 Å². The molecule has 1 aliphatic heterocycles. The van der Waals surface area contributed by atoms with E-state index in [1.54, 1.807) is 13.8 Å². The lowest BCUT2D eigenvalue weighted by molar-refractivity contribution is 0.122. The van der Waals surface area contributed by atoms with E-state index < -0.39 is 5.41 Å². The summed E-state index contributed by atoms with van der Waals surface area (Å²) in [6.45, 7) is 9.82. The zero-order chi connectivity index (χ0) is 22.0. The molecule has 7 N–H and O–H groups in total.